The summed E-state index contributed by atoms with van der Waals surface area (Å²) in [5.41, 5.74) is 0. The fraction of sp³-hybridized carbons (Fsp3) is 0.250. The van der Waals surface area contributed by atoms with Crippen molar-refractivity contribution < 1.29 is 18.9 Å². The van der Waals surface area contributed by atoms with E-state index in [4.69, 9.17) is 18.9 Å². The first-order chi connectivity index (χ1) is 11.5. The Bertz CT molecular complexity index is 664. The van der Waals surface area contributed by atoms with Gasteiger partial charge < -0.3 is 18.9 Å². The molecule has 0 spiro atoms. The molecule has 128 valence electrons. The van der Waals surface area contributed by atoms with Gasteiger partial charge in [0.05, 0.1) is 22.2 Å². The van der Waals surface area contributed by atoms with E-state index in [0.717, 1.165) is 17.9 Å². The highest BCUT2D eigenvalue weighted by molar-refractivity contribution is 9.11. The third-order valence-electron chi connectivity index (χ3n) is 3.14. The molecule has 3 rings (SSSR count). The summed E-state index contributed by atoms with van der Waals surface area (Å²) in [7, 11) is 0. The molecule has 0 bridgehead atoms. The molecule has 1 aliphatic heterocycles. The maximum atomic E-state index is 5.93. The second-order valence-electron chi connectivity index (χ2n) is 4.86. The molecule has 0 N–H and O–H groups in total. The van der Waals surface area contributed by atoms with Crippen LogP contribution in [0.3, 0.4) is 0 Å². The van der Waals surface area contributed by atoms with Gasteiger partial charge in [-0.15, -0.1) is 0 Å². The predicted octanol–water partition coefficient (Wildman–Crippen LogP) is 5.89. The van der Waals surface area contributed by atoms with E-state index in [9.17, 15) is 0 Å². The van der Waals surface area contributed by atoms with Crippen LogP contribution in [0.1, 0.15) is 0 Å². The van der Waals surface area contributed by atoms with Gasteiger partial charge in [0.1, 0.15) is 11.5 Å². The standard InChI is InChI=1S/C16H12Br4O4/c17-9-1-3-13(11(19)7-9)23-15-16(22-6-5-21-15)24-14-4-2-10(18)8-12(14)20/h1-4,7-8,15-16H,5-6H2. The molecule has 0 aliphatic carbocycles. The molecule has 2 unspecified atom stereocenters. The van der Waals surface area contributed by atoms with Gasteiger partial charge in [-0.1, -0.05) is 31.9 Å². The molecule has 0 amide bonds. The zero-order valence-corrected chi connectivity index (χ0v) is 18.5. The number of hydrogen-bond donors (Lipinski definition) is 0. The van der Waals surface area contributed by atoms with Crippen molar-refractivity contribution in [3.8, 4) is 11.5 Å². The van der Waals surface area contributed by atoms with Crippen molar-refractivity contribution in [2.24, 2.45) is 0 Å². The molecule has 2 aromatic rings. The van der Waals surface area contributed by atoms with E-state index in [-0.39, 0.29) is 0 Å². The Labute approximate surface area is 173 Å². The van der Waals surface area contributed by atoms with Gasteiger partial charge in [0.15, 0.2) is 0 Å². The SMILES string of the molecule is Brc1ccc(OC2OCCOC2Oc2ccc(Br)cc2Br)c(Br)c1. The molecule has 0 aromatic heterocycles. The van der Waals surface area contributed by atoms with Crippen molar-refractivity contribution in [1.82, 2.24) is 0 Å². The van der Waals surface area contributed by atoms with Crippen molar-refractivity contribution in [2.75, 3.05) is 13.2 Å². The third-order valence-corrected chi connectivity index (χ3v) is 5.37. The summed E-state index contributed by atoms with van der Waals surface area (Å²) in [6.45, 7) is 0.889. The lowest BCUT2D eigenvalue weighted by molar-refractivity contribution is -0.271. The lowest BCUT2D eigenvalue weighted by atomic mass is 10.3. The van der Waals surface area contributed by atoms with Crippen LogP contribution in [0.2, 0.25) is 0 Å². The van der Waals surface area contributed by atoms with Gasteiger partial charge in [-0.3, -0.25) is 0 Å². The Morgan fingerprint density at radius 3 is 1.50 bits per heavy atom. The third kappa shape index (κ3) is 4.74. The van der Waals surface area contributed by atoms with Crippen LogP contribution in [0, 0.1) is 0 Å². The highest BCUT2D eigenvalue weighted by Crippen LogP contribution is 2.33. The average molecular weight is 588 g/mol. The summed E-state index contributed by atoms with van der Waals surface area (Å²) in [4.78, 5) is 0. The highest BCUT2D eigenvalue weighted by Gasteiger charge is 2.32. The Kier molecular flexibility index (Phi) is 6.62. The highest BCUT2D eigenvalue weighted by atomic mass is 79.9. The summed E-state index contributed by atoms with van der Waals surface area (Å²) < 4.78 is 26.8. The largest absolute Gasteiger partial charge is 0.457 e. The Hall–Kier alpha value is -0.120. The maximum absolute atomic E-state index is 5.93. The van der Waals surface area contributed by atoms with Crippen LogP contribution in [0.4, 0.5) is 0 Å². The van der Waals surface area contributed by atoms with E-state index < -0.39 is 12.6 Å². The molecule has 1 fully saturated rings. The first kappa shape index (κ1) is 18.7. The van der Waals surface area contributed by atoms with Crippen molar-refractivity contribution in [3.05, 3.63) is 54.3 Å². The van der Waals surface area contributed by atoms with Crippen LogP contribution in [-0.2, 0) is 9.47 Å². The van der Waals surface area contributed by atoms with E-state index >= 15 is 0 Å². The summed E-state index contributed by atoms with van der Waals surface area (Å²) in [5.74, 6) is 1.30. The molecule has 0 radical (unpaired) electrons. The molecule has 24 heavy (non-hydrogen) atoms. The first-order valence-corrected chi connectivity index (χ1v) is 10.2. The zero-order valence-electron chi connectivity index (χ0n) is 12.2. The smallest absolute Gasteiger partial charge is 0.263 e. The minimum absolute atomic E-state index is 0.445. The first-order valence-electron chi connectivity index (χ1n) is 6.99. The van der Waals surface area contributed by atoms with Gasteiger partial charge in [-0.2, -0.15) is 0 Å². The lowest BCUT2D eigenvalue weighted by Gasteiger charge is -2.32. The van der Waals surface area contributed by atoms with Gasteiger partial charge >= 0.3 is 0 Å². The number of halogens is 4. The molecule has 0 saturated carbocycles. The van der Waals surface area contributed by atoms with E-state index in [0.29, 0.717) is 24.7 Å². The Morgan fingerprint density at radius 2 is 1.12 bits per heavy atom. The minimum atomic E-state index is -0.674. The number of hydrogen-bond acceptors (Lipinski definition) is 4. The normalized spacial score (nSPS) is 20.7. The molecular formula is C16H12Br4O4. The second kappa shape index (κ2) is 8.51. The average Bonchev–Trinajstić information content (AvgIpc) is 2.54. The summed E-state index contributed by atoms with van der Waals surface area (Å²) in [6.07, 6.45) is -1.35. The van der Waals surface area contributed by atoms with Crippen LogP contribution >= 0.6 is 63.7 Å². The van der Waals surface area contributed by atoms with Gasteiger partial charge in [0, 0.05) is 8.95 Å². The number of ether oxygens (including phenoxy) is 4. The molecule has 8 heteroatoms. The van der Waals surface area contributed by atoms with Crippen LogP contribution in [0.15, 0.2) is 54.3 Å². The molecule has 2 aromatic carbocycles. The van der Waals surface area contributed by atoms with Crippen molar-refractivity contribution in [3.63, 3.8) is 0 Å². The van der Waals surface area contributed by atoms with Crippen molar-refractivity contribution in [1.29, 1.82) is 0 Å². The maximum Gasteiger partial charge on any atom is 0.263 e. The molecule has 1 heterocycles. The van der Waals surface area contributed by atoms with E-state index in [1.54, 1.807) is 0 Å². The van der Waals surface area contributed by atoms with Crippen LogP contribution in [0.25, 0.3) is 0 Å². The summed E-state index contributed by atoms with van der Waals surface area (Å²) >= 11 is 13.8. The van der Waals surface area contributed by atoms with Gasteiger partial charge in [0.25, 0.3) is 12.6 Å². The molecule has 2 atom stereocenters. The molecular weight excluding hydrogens is 576 g/mol. The van der Waals surface area contributed by atoms with E-state index in [2.05, 4.69) is 63.7 Å². The Balaban J connectivity index is 1.75. The van der Waals surface area contributed by atoms with E-state index in [1.165, 1.54) is 0 Å². The monoisotopic (exact) mass is 584 g/mol. The predicted molar refractivity (Wildman–Crippen MR) is 104 cm³/mol. The van der Waals surface area contributed by atoms with Crippen molar-refractivity contribution >= 4 is 63.7 Å². The Morgan fingerprint density at radius 1 is 0.708 bits per heavy atom. The minimum Gasteiger partial charge on any atom is -0.457 e. The van der Waals surface area contributed by atoms with Gasteiger partial charge in [0.2, 0.25) is 0 Å². The van der Waals surface area contributed by atoms with Crippen LogP contribution < -0.4 is 9.47 Å². The number of rotatable bonds is 4. The number of benzene rings is 2. The molecule has 1 aliphatic rings. The van der Waals surface area contributed by atoms with E-state index in [1.807, 2.05) is 36.4 Å². The van der Waals surface area contributed by atoms with Crippen LogP contribution in [-0.4, -0.2) is 25.8 Å². The summed E-state index contributed by atoms with van der Waals surface area (Å²) in [6, 6.07) is 11.3. The van der Waals surface area contributed by atoms with Crippen LogP contribution in [0.5, 0.6) is 11.5 Å². The quantitative estimate of drug-likeness (QED) is 0.447. The van der Waals surface area contributed by atoms with Gasteiger partial charge in [-0.05, 0) is 68.3 Å². The van der Waals surface area contributed by atoms with Crippen molar-refractivity contribution in [2.45, 2.75) is 12.6 Å². The van der Waals surface area contributed by atoms with Gasteiger partial charge in [-0.25, -0.2) is 0 Å². The summed E-state index contributed by atoms with van der Waals surface area (Å²) in [5, 5.41) is 0. The topological polar surface area (TPSA) is 36.9 Å². The molecule has 4 nitrogen and oxygen atoms in total. The lowest BCUT2D eigenvalue weighted by Crippen LogP contribution is -2.45. The molecule has 1 saturated heterocycles. The fourth-order valence-electron chi connectivity index (χ4n) is 2.06. The second-order valence-corrected chi connectivity index (χ2v) is 8.40. The zero-order chi connectivity index (χ0) is 17.1. The fourth-order valence-corrected chi connectivity index (χ4v) is 4.34.